The summed E-state index contributed by atoms with van der Waals surface area (Å²) in [6.07, 6.45) is 6.84. The van der Waals surface area contributed by atoms with E-state index >= 15 is 0 Å². The molecule has 0 radical (unpaired) electrons. The summed E-state index contributed by atoms with van der Waals surface area (Å²) in [4.78, 5) is 23.9. The van der Waals surface area contributed by atoms with Crippen molar-refractivity contribution in [1.29, 1.82) is 5.26 Å². The molecule has 3 heterocycles. The fraction of sp³-hybridized carbons (Fsp3) is 0.559. The van der Waals surface area contributed by atoms with Gasteiger partial charge in [0.25, 0.3) is 0 Å². The number of likely N-dealkylation sites (tertiary alicyclic amines) is 1. The van der Waals surface area contributed by atoms with Crippen molar-refractivity contribution in [3.63, 3.8) is 0 Å². The van der Waals surface area contributed by atoms with Crippen molar-refractivity contribution in [2.24, 2.45) is 0 Å². The number of nitrogens with zero attached hydrogens (tertiary/aromatic N) is 5. The molecular weight excluding hydrogens is 675 g/mol. The van der Waals surface area contributed by atoms with Crippen LogP contribution in [-0.2, 0) is 28.0 Å². The number of likely N-dealkylation sites (N-methyl/N-ethyl adjacent to an activating group) is 1. The number of ether oxygens (including phenoxy) is 1. The third-order valence-corrected chi connectivity index (χ3v) is 9.61. The van der Waals surface area contributed by atoms with E-state index in [1.165, 1.54) is 34.7 Å². The molecule has 3 atom stereocenters. The normalized spacial score (nSPS) is 20.9. The molecule has 1 amide bonds. The topological polar surface area (TPSA) is 72.7 Å². The molecule has 1 aromatic heterocycles. The van der Waals surface area contributed by atoms with Gasteiger partial charge >= 0.3 is 3.93 Å². The van der Waals surface area contributed by atoms with E-state index in [2.05, 4.69) is 43.3 Å². The minimum absolute atomic E-state index is 0.0559. The van der Waals surface area contributed by atoms with Crippen LogP contribution < -0.4 is 9.64 Å². The first-order valence-electron chi connectivity index (χ1n) is 15.6. The van der Waals surface area contributed by atoms with E-state index in [1.807, 2.05) is 11.8 Å². The Hall–Kier alpha value is -2.78. The van der Waals surface area contributed by atoms with Crippen LogP contribution >= 0.6 is 22.6 Å². The lowest BCUT2D eigenvalue weighted by Gasteiger charge is -2.46. The second kappa shape index (κ2) is 15.0. The van der Waals surface area contributed by atoms with Gasteiger partial charge in [-0.3, -0.25) is 4.79 Å². The van der Waals surface area contributed by atoms with Crippen LogP contribution in [0, 0.1) is 11.3 Å². The molecule has 0 unspecified atom stereocenters. The van der Waals surface area contributed by atoms with Crippen molar-refractivity contribution in [3.05, 3.63) is 64.9 Å². The highest BCUT2D eigenvalue weighted by molar-refractivity contribution is 14.1. The molecule has 44 heavy (non-hydrogen) atoms. The largest absolute Gasteiger partial charge is 0.475 e. The number of benzene rings is 1. The number of hydrogen-bond acceptors (Lipinski definition) is 6. The molecule has 0 bridgehead atoms. The summed E-state index contributed by atoms with van der Waals surface area (Å²) in [6, 6.07) is 9.31. The minimum atomic E-state index is -2.92. The maximum atomic E-state index is 14.2. The molecule has 2 aliphatic rings. The maximum absolute atomic E-state index is 14.2. The van der Waals surface area contributed by atoms with Crippen LogP contribution in [0.3, 0.4) is 0 Å². The number of hydrogen-bond donors (Lipinski definition) is 0. The molecule has 2 aliphatic heterocycles. The summed E-state index contributed by atoms with van der Waals surface area (Å²) in [5, 5.41) is 10.6. The Labute approximate surface area is 274 Å². The number of pyridine rings is 1. The monoisotopic (exact) mass is 719 g/mol. The smallest absolute Gasteiger partial charge is 0.321 e. The standard InChI is InChI=1S/C34H44F2IN5O2/c1-6-30-27(16-10-8-13-25-14-9-11-17-29(25)34(35,36)37)32(42-21-23(3)41(20-24(42)4)31(43)7-2)28(19-38)33(39-30)44-22-26-15-12-18-40(26)5/h7,9,11,14,17,23-24,26H,2,6,8,10,12-13,15-16,18,20-22H2,1,3-5H3/t23-,24+,26+/m1/s1. The summed E-state index contributed by atoms with van der Waals surface area (Å²) in [5.41, 5.74) is 3.87. The van der Waals surface area contributed by atoms with Gasteiger partial charge in [-0.05, 0) is 89.6 Å². The quantitative estimate of drug-likeness (QED) is 0.106. The van der Waals surface area contributed by atoms with E-state index in [9.17, 15) is 18.8 Å². The van der Waals surface area contributed by atoms with E-state index in [-0.39, 0.29) is 29.6 Å². The molecule has 7 nitrogen and oxygen atoms in total. The zero-order valence-corrected chi connectivity index (χ0v) is 28.4. The first kappa shape index (κ1) is 34.1. The fourth-order valence-corrected chi connectivity index (χ4v) is 7.10. The molecule has 2 fully saturated rings. The summed E-state index contributed by atoms with van der Waals surface area (Å²) in [6.45, 7) is 12.4. The van der Waals surface area contributed by atoms with Gasteiger partial charge in [-0.25, -0.2) is 4.98 Å². The molecule has 4 rings (SSSR count). The van der Waals surface area contributed by atoms with Gasteiger partial charge < -0.3 is 19.4 Å². The number of anilines is 1. The minimum Gasteiger partial charge on any atom is -0.475 e. The molecule has 2 aromatic rings. The van der Waals surface area contributed by atoms with E-state index in [0.717, 1.165) is 42.8 Å². The third-order valence-electron chi connectivity index (χ3n) is 9.03. The Balaban J connectivity index is 1.67. The van der Waals surface area contributed by atoms with Crippen molar-refractivity contribution in [1.82, 2.24) is 14.8 Å². The number of rotatable bonds is 12. The summed E-state index contributed by atoms with van der Waals surface area (Å²) in [7, 11) is 2.10. The summed E-state index contributed by atoms with van der Waals surface area (Å²) >= 11 is 1.20. The number of piperazine rings is 1. The predicted molar refractivity (Wildman–Crippen MR) is 179 cm³/mol. The van der Waals surface area contributed by atoms with Crippen molar-refractivity contribution in [3.8, 4) is 11.9 Å². The van der Waals surface area contributed by atoms with Gasteiger partial charge in [0.05, 0.1) is 5.69 Å². The number of carbonyl (C=O) groups excluding carboxylic acids is 1. The highest BCUT2D eigenvalue weighted by Crippen LogP contribution is 2.39. The Morgan fingerprint density at radius 1 is 1.23 bits per heavy atom. The molecule has 1 aromatic carbocycles. The second-order valence-corrected chi connectivity index (χ2v) is 13.4. The van der Waals surface area contributed by atoms with Crippen molar-refractivity contribution >= 4 is 34.2 Å². The number of nitriles is 1. The van der Waals surface area contributed by atoms with Crippen LogP contribution in [0.2, 0.25) is 0 Å². The first-order valence-corrected chi connectivity index (χ1v) is 16.7. The van der Waals surface area contributed by atoms with Gasteiger partial charge in [0.1, 0.15) is 18.2 Å². The lowest BCUT2D eigenvalue weighted by atomic mass is 9.94. The van der Waals surface area contributed by atoms with Gasteiger partial charge in [0, 0.05) is 65.1 Å². The highest BCUT2D eigenvalue weighted by atomic mass is 127. The Bertz CT molecular complexity index is 1370. The zero-order chi connectivity index (χ0) is 32.0. The van der Waals surface area contributed by atoms with Crippen LogP contribution in [0.4, 0.5) is 14.5 Å². The number of aryl methyl sites for hydroxylation is 2. The van der Waals surface area contributed by atoms with Gasteiger partial charge in [0.2, 0.25) is 11.8 Å². The van der Waals surface area contributed by atoms with Crippen LogP contribution in [0.5, 0.6) is 5.88 Å². The third kappa shape index (κ3) is 7.71. The molecule has 2 saturated heterocycles. The highest BCUT2D eigenvalue weighted by Gasteiger charge is 2.35. The SMILES string of the molecule is C=CC(=O)N1C[C@H](C)N(c2c(C#N)c(OC[C@@H]3CCCN3C)nc(CC)c2CCCCc2ccccc2C(F)(F)I)C[C@H]1C. The Morgan fingerprint density at radius 2 is 1.95 bits per heavy atom. The summed E-state index contributed by atoms with van der Waals surface area (Å²) < 4.78 is 31.8. The number of amides is 1. The van der Waals surface area contributed by atoms with E-state index in [4.69, 9.17) is 9.72 Å². The lowest BCUT2D eigenvalue weighted by molar-refractivity contribution is -0.128. The van der Waals surface area contributed by atoms with Gasteiger partial charge in [-0.15, -0.1) is 0 Å². The number of aromatic nitrogens is 1. The number of alkyl halides is 3. The maximum Gasteiger partial charge on any atom is 0.321 e. The van der Waals surface area contributed by atoms with E-state index in [0.29, 0.717) is 62.4 Å². The Kier molecular flexibility index (Phi) is 11.6. The van der Waals surface area contributed by atoms with Gasteiger partial charge in [-0.2, -0.15) is 14.0 Å². The zero-order valence-electron chi connectivity index (χ0n) is 26.3. The van der Waals surface area contributed by atoms with Crippen molar-refractivity contribution in [2.75, 3.05) is 38.2 Å². The molecule has 238 valence electrons. The van der Waals surface area contributed by atoms with Crippen LogP contribution in [-0.4, -0.2) is 72.1 Å². The number of carbonyl (C=O) groups is 1. The number of unbranched alkanes of at least 4 members (excludes halogenated alkanes) is 1. The van der Waals surface area contributed by atoms with Crippen LogP contribution in [0.25, 0.3) is 0 Å². The molecule has 0 saturated carbocycles. The average molecular weight is 720 g/mol. The average Bonchev–Trinajstić information content (AvgIpc) is 3.42. The van der Waals surface area contributed by atoms with Crippen molar-refractivity contribution < 1.29 is 18.3 Å². The molecule has 0 spiro atoms. The van der Waals surface area contributed by atoms with Gasteiger partial charge in [-0.1, -0.05) is 37.8 Å². The first-order chi connectivity index (χ1) is 21.0. The molecular formula is C34H44F2IN5O2. The van der Waals surface area contributed by atoms with E-state index in [1.54, 1.807) is 18.2 Å². The summed E-state index contributed by atoms with van der Waals surface area (Å²) in [5.74, 6) is 0.266. The Morgan fingerprint density at radius 3 is 2.59 bits per heavy atom. The predicted octanol–water partition coefficient (Wildman–Crippen LogP) is 6.65. The van der Waals surface area contributed by atoms with Crippen LogP contribution in [0.15, 0.2) is 36.9 Å². The van der Waals surface area contributed by atoms with Gasteiger partial charge in [0.15, 0.2) is 0 Å². The molecule has 10 heteroatoms. The lowest BCUT2D eigenvalue weighted by Crippen LogP contribution is -2.58. The van der Waals surface area contributed by atoms with Crippen molar-refractivity contribution in [2.45, 2.75) is 87.8 Å². The van der Waals surface area contributed by atoms with E-state index < -0.39 is 3.93 Å². The molecule has 0 aliphatic carbocycles. The second-order valence-electron chi connectivity index (χ2n) is 12.0. The fourth-order valence-electron chi connectivity index (χ4n) is 6.57. The number of halogens is 3. The van der Waals surface area contributed by atoms with Crippen LogP contribution in [0.1, 0.15) is 74.4 Å². The molecule has 0 N–H and O–H groups in total.